The number of anilines is 1. The quantitative estimate of drug-likeness (QED) is 0.625. The van der Waals surface area contributed by atoms with E-state index in [1.54, 1.807) is 12.1 Å². The molecule has 0 radical (unpaired) electrons. The second kappa shape index (κ2) is 6.72. The van der Waals surface area contributed by atoms with Crippen molar-refractivity contribution in [3.05, 3.63) is 69.8 Å². The Balaban J connectivity index is 2.15. The maximum Gasteiger partial charge on any atom is 0.269 e. The van der Waals surface area contributed by atoms with E-state index in [0.717, 1.165) is 16.8 Å². The molecule has 0 heterocycles. The van der Waals surface area contributed by atoms with Crippen molar-refractivity contribution < 1.29 is 4.92 Å². The van der Waals surface area contributed by atoms with Crippen LogP contribution in [0.1, 0.15) is 17.0 Å². The Hall–Kier alpha value is -2.87. The minimum absolute atomic E-state index is 0.0626. The first-order chi connectivity index (χ1) is 10.5. The third-order valence-corrected chi connectivity index (χ3v) is 3.55. The van der Waals surface area contributed by atoms with Crippen LogP contribution in [0.15, 0.2) is 48.5 Å². The predicted octanol–water partition coefficient (Wildman–Crippen LogP) is 3.51. The Morgan fingerprint density at radius 3 is 2.18 bits per heavy atom. The van der Waals surface area contributed by atoms with Crippen molar-refractivity contribution in [2.24, 2.45) is 0 Å². The molecule has 0 saturated carbocycles. The lowest BCUT2D eigenvalue weighted by Crippen LogP contribution is -2.08. The van der Waals surface area contributed by atoms with Crippen molar-refractivity contribution >= 4 is 11.4 Å². The second-order valence-electron chi connectivity index (χ2n) is 5.30. The van der Waals surface area contributed by atoms with E-state index < -0.39 is 4.92 Å². The number of nitro groups is 1. The van der Waals surface area contributed by atoms with Gasteiger partial charge in [0.1, 0.15) is 0 Å². The summed E-state index contributed by atoms with van der Waals surface area (Å²) >= 11 is 0. The fraction of sp³-hybridized carbons (Fsp3) is 0.235. The zero-order valence-corrected chi connectivity index (χ0v) is 12.6. The van der Waals surface area contributed by atoms with Gasteiger partial charge in [-0.2, -0.15) is 5.26 Å². The predicted molar refractivity (Wildman–Crippen MR) is 85.9 cm³/mol. The van der Waals surface area contributed by atoms with Crippen molar-refractivity contribution in [3.8, 4) is 6.07 Å². The Bertz CT molecular complexity index is 685. The van der Waals surface area contributed by atoms with Gasteiger partial charge in [-0.25, -0.2) is 0 Å². The fourth-order valence-electron chi connectivity index (χ4n) is 2.23. The van der Waals surface area contributed by atoms with Crippen molar-refractivity contribution in [3.63, 3.8) is 0 Å². The first-order valence-electron chi connectivity index (χ1n) is 6.91. The van der Waals surface area contributed by atoms with E-state index in [-0.39, 0.29) is 11.6 Å². The Morgan fingerprint density at radius 2 is 1.73 bits per heavy atom. The molecule has 0 fully saturated rings. The van der Waals surface area contributed by atoms with Crippen LogP contribution in [0.25, 0.3) is 0 Å². The number of hydrogen-bond donors (Lipinski definition) is 0. The van der Waals surface area contributed by atoms with Gasteiger partial charge in [0.2, 0.25) is 0 Å². The Morgan fingerprint density at radius 1 is 1.14 bits per heavy atom. The number of nitro benzene ring substituents is 1. The first-order valence-corrected chi connectivity index (χ1v) is 6.91. The van der Waals surface area contributed by atoms with Gasteiger partial charge in [-0.05, 0) is 29.7 Å². The number of nitrogens with zero attached hydrogens (tertiary/aromatic N) is 3. The standard InChI is InChI=1S/C17H17N3O2/c1-19(2)16-9-5-14(6-10-16)15(12-18)11-13-3-7-17(8-4-13)20(21)22/h3-10,15H,11H2,1-2H3. The molecule has 0 N–H and O–H groups in total. The van der Waals surface area contributed by atoms with E-state index in [1.165, 1.54) is 12.1 Å². The molecule has 2 rings (SSSR count). The van der Waals surface area contributed by atoms with Crippen LogP contribution >= 0.6 is 0 Å². The number of benzene rings is 2. The first kappa shape index (κ1) is 15.5. The molecule has 0 aliphatic carbocycles. The van der Waals surface area contributed by atoms with Gasteiger partial charge in [0.15, 0.2) is 0 Å². The van der Waals surface area contributed by atoms with Crippen LogP contribution in [0.4, 0.5) is 11.4 Å². The SMILES string of the molecule is CN(C)c1ccc(C(C#N)Cc2ccc([N+](=O)[O-])cc2)cc1. The van der Waals surface area contributed by atoms with E-state index in [2.05, 4.69) is 6.07 Å². The Kier molecular flexibility index (Phi) is 4.74. The molecule has 0 spiro atoms. The van der Waals surface area contributed by atoms with Gasteiger partial charge in [0.25, 0.3) is 5.69 Å². The van der Waals surface area contributed by atoms with E-state index >= 15 is 0 Å². The van der Waals surface area contributed by atoms with Crippen molar-refractivity contribution in [2.45, 2.75) is 12.3 Å². The van der Waals surface area contributed by atoms with Crippen molar-refractivity contribution in [1.29, 1.82) is 5.26 Å². The summed E-state index contributed by atoms with van der Waals surface area (Å²) < 4.78 is 0. The van der Waals surface area contributed by atoms with Crippen LogP contribution in [0, 0.1) is 21.4 Å². The van der Waals surface area contributed by atoms with Gasteiger partial charge in [0.05, 0.1) is 16.9 Å². The molecule has 1 unspecified atom stereocenters. The zero-order chi connectivity index (χ0) is 16.1. The minimum Gasteiger partial charge on any atom is -0.378 e. The van der Waals surface area contributed by atoms with E-state index in [9.17, 15) is 15.4 Å². The van der Waals surface area contributed by atoms with Crippen LogP contribution < -0.4 is 4.90 Å². The van der Waals surface area contributed by atoms with Gasteiger partial charge in [-0.1, -0.05) is 24.3 Å². The van der Waals surface area contributed by atoms with Gasteiger partial charge in [0, 0.05) is 31.9 Å². The summed E-state index contributed by atoms with van der Waals surface area (Å²) in [6.07, 6.45) is 0.538. The number of rotatable bonds is 5. The third kappa shape index (κ3) is 3.61. The third-order valence-electron chi connectivity index (χ3n) is 3.55. The normalized spacial score (nSPS) is 11.5. The maximum atomic E-state index is 10.6. The molecule has 5 nitrogen and oxygen atoms in total. The molecule has 0 amide bonds. The summed E-state index contributed by atoms with van der Waals surface area (Å²) in [5.41, 5.74) is 3.00. The average molecular weight is 295 g/mol. The lowest BCUT2D eigenvalue weighted by Gasteiger charge is -2.14. The summed E-state index contributed by atoms with van der Waals surface area (Å²) in [4.78, 5) is 12.2. The smallest absolute Gasteiger partial charge is 0.269 e. The number of non-ortho nitro benzene ring substituents is 1. The van der Waals surface area contributed by atoms with Crippen LogP contribution in [0.3, 0.4) is 0 Å². The fourth-order valence-corrected chi connectivity index (χ4v) is 2.23. The van der Waals surface area contributed by atoms with Crippen molar-refractivity contribution in [2.75, 3.05) is 19.0 Å². The van der Waals surface area contributed by atoms with Crippen LogP contribution in [0.5, 0.6) is 0 Å². The lowest BCUT2D eigenvalue weighted by molar-refractivity contribution is -0.384. The second-order valence-corrected chi connectivity index (χ2v) is 5.30. The summed E-state index contributed by atoms with van der Waals surface area (Å²) in [6, 6.07) is 16.5. The maximum absolute atomic E-state index is 10.6. The van der Waals surface area contributed by atoms with Crippen LogP contribution in [-0.2, 0) is 6.42 Å². The highest BCUT2D eigenvalue weighted by Gasteiger charge is 2.13. The number of hydrogen-bond acceptors (Lipinski definition) is 4. The summed E-state index contributed by atoms with van der Waals surface area (Å²) in [6.45, 7) is 0. The van der Waals surface area contributed by atoms with Gasteiger partial charge in [-0.15, -0.1) is 0 Å². The minimum atomic E-state index is -0.425. The highest BCUT2D eigenvalue weighted by Crippen LogP contribution is 2.24. The molecule has 2 aromatic rings. The van der Waals surface area contributed by atoms with Crippen LogP contribution in [-0.4, -0.2) is 19.0 Å². The Labute approximate surface area is 129 Å². The molecule has 22 heavy (non-hydrogen) atoms. The molecule has 0 bridgehead atoms. The van der Waals surface area contributed by atoms with Gasteiger partial charge >= 0.3 is 0 Å². The van der Waals surface area contributed by atoms with E-state index in [1.807, 2.05) is 43.3 Å². The molecule has 0 aromatic heterocycles. The summed E-state index contributed by atoms with van der Waals surface area (Å²) in [7, 11) is 3.93. The molecule has 1 atom stereocenters. The molecule has 2 aromatic carbocycles. The molecule has 0 aliphatic heterocycles. The van der Waals surface area contributed by atoms with E-state index in [4.69, 9.17) is 0 Å². The highest BCUT2D eigenvalue weighted by atomic mass is 16.6. The topological polar surface area (TPSA) is 70.2 Å². The monoisotopic (exact) mass is 295 g/mol. The van der Waals surface area contributed by atoms with Crippen molar-refractivity contribution in [1.82, 2.24) is 0 Å². The van der Waals surface area contributed by atoms with Crippen LogP contribution in [0.2, 0.25) is 0 Å². The lowest BCUT2D eigenvalue weighted by atomic mass is 9.93. The molecular weight excluding hydrogens is 278 g/mol. The summed E-state index contributed by atoms with van der Waals surface area (Å²) in [5, 5.41) is 20.0. The summed E-state index contributed by atoms with van der Waals surface area (Å²) in [5.74, 6) is -0.266. The zero-order valence-electron chi connectivity index (χ0n) is 12.6. The largest absolute Gasteiger partial charge is 0.378 e. The van der Waals surface area contributed by atoms with E-state index in [0.29, 0.717) is 6.42 Å². The van der Waals surface area contributed by atoms with Gasteiger partial charge in [-0.3, -0.25) is 10.1 Å². The molecule has 0 saturated heterocycles. The average Bonchev–Trinajstić information content (AvgIpc) is 2.53. The molecule has 0 aliphatic rings. The molecular formula is C17H17N3O2. The van der Waals surface area contributed by atoms with Gasteiger partial charge < -0.3 is 4.90 Å². The number of nitriles is 1. The highest BCUT2D eigenvalue weighted by molar-refractivity contribution is 5.47. The molecule has 5 heteroatoms. The molecule has 112 valence electrons.